The van der Waals surface area contributed by atoms with Gasteiger partial charge in [-0.3, -0.25) is 4.57 Å². The van der Waals surface area contributed by atoms with Gasteiger partial charge >= 0.3 is 8.25 Å². The molecule has 0 aliphatic rings. The molecule has 0 aromatic heterocycles. The second-order valence-electron chi connectivity index (χ2n) is 7.51. The molecule has 0 fully saturated rings. The third kappa shape index (κ3) is 5.12. The van der Waals surface area contributed by atoms with Gasteiger partial charge in [0.1, 0.15) is 5.75 Å². The van der Waals surface area contributed by atoms with Crippen molar-refractivity contribution in [3.05, 3.63) is 28.8 Å². The van der Waals surface area contributed by atoms with Crippen molar-refractivity contribution in [3.63, 3.8) is 0 Å². The van der Waals surface area contributed by atoms with Gasteiger partial charge in [0, 0.05) is 11.1 Å². The number of hydrogen-bond acceptors (Lipinski definition) is 3. The van der Waals surface area contributed by atoms with Crippen LogP contribution in [0.25, 0.3) is 0 Å². The Morgan fingerprint density at radius 3 is 1.82 bits per heavy atom. The molecule has 0 heterocycles. The van der Waals surface area contributed by atoms with Gasteiger partial charge in [0.05, 0.1) is 13.2 Å². The molecule has 4 nitrogen and oxygen atoms in total. The second-order valence-corrected chi connectivity index (χ2v) is 8.33. The molecule has 0 amide bonds. The van der Waals surface area contributed by atoms with Crippen LogP contribution in [-0.4, -0.2) is 11.5 Å². The fraction of sp³-hybridized carbons (Fsp3) is 0.647. The predicted molar refractivity (Wildman–Crippen MR) is 91.0 cm³/mol. The molecule has 1 atom stereocenters. The van der Waals surface area contributed by atoms with E-state index in [0.29, 0.717) is 6.61 Å². The van der Waals surface area contributed by atoms with Crippen LogP contribution in [0.5, 0.6) is 5.75 Å². The van der Waals surface area contributed by atoms with Gasteiger partial charge in [-0.2, -0.15) is 0 Å². The van der Waals surface area contributed by atoms with Crippen LogP contribution >= 0.6 is 8.25 Å². The van der Waals surface area contributed by atoms with Gasteiger partial charge in [-0.25, -0.2) is 0 Å². The minimum atomic E-state index is -2.93. The molecule has 1 rings (SSSR count). The average Bonchev–Trinajstić information content (AvgIpc) is 2.34. The number of hydrogen-bond donors (Lipinski definition) is 1. The minimum absolute atomic E-state index is 0.0923. The zero-order chi connectivity index (χ0) is 17.1. The van der Waals surface area contributed by atoms with E-state index < -0.39 is 8.25 Å². The van der Waals surface area contributed by atoms with Crippen molar-refractivity contribution in [2.75, 3.05) is 6.61 Å². The summed E-state index contributed by atoms with van der Waals surface area (Å²) in [6.07, 6.45) is 0. The lowest BCUT2D eigenvalue weighted by Gasteiger charge is -2.30. The molecule has 1 aromatic carbocycles. The third-order valence-electron chi connectivity index (χ3n) is 3.42. The minimum Gasteiger partial charge on any atom is -0.493 e. The van der Waals surface area contributed by atoms with Crippen LogP contribution in [0.4, 0.5) is 0 Å². The fourth-order valence-electron chi connectivity index (χ4n) is 2.33. The zero-order valence-electron chi connectivity index (χ0n) is 14.7. The third-order valence-corrected chi connectivity index (χ3v) is 3.81. The molecule has 0 bridgehead atoms. The molecule has 0 spiro atoms. The van der Waals surface area contributed by atoms with E-state index in [1.807, 2.05) is 19.1 Å². The van der Waals surface area contributed by atoms with Crippen molar-refractivity contribution in [2.24, 2.45) is 0 Å². The van der Waals surface area contributed by atoms with E-state index in [1.165, 1.54) is 0 Å². The lowest BCUT2D eigenvalue weighted by atomic mass is 9.78. The Hall–Kier alpha value is -0.830. The highest BCUT2D eigenvalue weighted by Crippen LogP contribution is 2.41. The molecule has 126 valence electrons. The first-order valence-electron chi connectivity index (χ1n) is 7.63. The van der Waals surface area contributed by atoms with Gasteiger partial charge in [-0.1, -0.05) is 41.5 Å². The Bertz CT molecular complexity index is 504. The Kier molecular flexibility index (Phi) is 6.26. The fourth-order valence-corrected chi connectivity index (χ4v) is 2.62. The van der Waals surface area contributed by atoms with Gasteiger partial charge in [-0.05, 0) is 35.4 Å². The van der Waals surface area contributed by atoms with E-state index in [4.69, 9.17) is 14.2 Å². The first kappa shape index (κ1) is 19.2. The van der Waals surface area contributed by atoms with Crippen LogP contribution in [0.2, 0.25) is 0 Å². The lowest BCUT2D eigenvalue weighted by Crippen LogP contribution is -2.20. The van der Waals surface area contributed by atoms with E-state index in [1.54, 1.807) is 0 Å². The summed E-state index contributed by atoms with van der Waals surface area (Å²) in [6.45, 7) is 15.5. The Labute approximate surface area is 134 Å². The predicted octanol–water partition coefficient (Wildman–Crippen LogP) is 4.58. The van der Waals surface area contributed by atoms with Crippen molar-refractivity contribution >= 4 is 8.25 Å². The molecule has 5 heteroatoms. The quantitative estimate of drug-likeness (QED) is 0.804. The maximum absolute atomic E-state index is 10.8. The van der Waals surface area contributed by atoms with Crippen LogP contribution < -0.4 is 4.74 Å². The molecule has 0 saturated heterocycles. The molecular formula is C17H29O4P. The van der Waals surface area contributed by atoms with E-state index in [-0.39, 0.29) is 17.4 Å². The van der Waals surface area contributed by atoms with Crippen LogP contribution in [0.1, 0.15) is 65.2 Å². The van der Waals surface area contributed by atoms with Crippen molar-refractivity contribution in [1.29, 1.82) is 0 Å². The summed E-state index contributed by atoms with van der Waals surface area (Å²) in [6, 6.07) is 4.04. The average molecular weight is 328 g/mol. The maximum atomic E-state index is 10.8. The molecule has 0 aliphatic heterocycles. The van der Waals surface area contributed by atoms with E-state index >= 15 is 0 Å². The highest BCUT2D eigenvalue weighted by molar-refractivity contribution is 7.32. The van der Waals surface area contributed by atoms with Crippen LogP contribution in [-0.2, 0) is 26.5 Å². The summed E-state index contributed by atoms with van der Waals surface area (Å²) in [5, 5.41) is 0. The number of benzene rings is 1. The highest BCUT2D eigenvalue weighted by atomic mass is 31.1. The zero-order valence-corrected chi connectivity index (χ0v) is 15.7. The second kappa shape index (κ2) is 7.16. The Morgan fingerprint density at radius 2 is 1.50 bits per heavy atom. The van der Waals surface area contributed by atoms with Crippen molar-refractivity contribution in [1.82, 2.24) is 0 Å². The van der Waals surface area contributed by atoms with Gasteiger partial charge < -0.3 is 14.2 Å². The van der Waals surface area contributed by atoms with Crippen molar-refractivity contribution in [2.45, 2.75) is 65.9 Å². The molecule has 1 unspecified atom stereocenters. The normalized spacial score (nSPS) is 14.0. The molecule has 1 aromatic rings. The lowest BCUT2D eigenvalue weighted by molar-refractivity contribution is 0.271. The first-order valence-corrected chi connectivity index (χ1v) is 8.89. The summed E-state index contributed by atoms with van der Waals surface area (Å²) in [5.41, 5.74) is 2.90. The van der Waals surface area contributed by atoms with Crippen molar-refractivity contribution < 1.29 is 18.7 Å². The SMILES string of the molecule is CCOc1c(C(C)(C)C)cc(CO[PH](=O)O)cc1C(C)(C)C. The van der Waals surface area contributed by atoms with E-state index in [9.17, 15) is 4.57 Å². The van der Waals surface area contributed by atoms with Crippen LogP contribution in [0.15, 0.2) is 12.1 Å². The van der Waals surface area contributed by atoms with Crippen LogP contribution in [0, 0.1) is 0 Å². The number of ether oxygens (including phenoxy) is 1. The van der Waals surface area contributed by atoms with Gasteiger partial charge in [-0.15, -0.1) is 0 Å². The summed E-state index contributed by atoms with van der Waals surface area (Å²) in [5.74, 6) is 0.919. The Morgan fingerprint density at radius 1 is 1.05 bits per heavy atom. The van der Waals surface area contributed by atoms with Gasteiger partial charge in [0.2, 0.25) is 0 Å². The summed E-state index contributed by atoms with van der Waals surface area (Å²) >= 11 is 0. The summed E-state index contributed by atoms with van der Waals surface area (Å²) < 4.78 is 21.7. The molecule has 0 aliphatic carbocycles. The molecule has 0 saturated carbocycles. The number of rotatable bonds is 5. The van der Waals surface area contributed by atoms with E-state index in [2.05, 4.69) is 41.5 Å². The van der Waals surface area contributed by atoms with Crippen molar-refractivity contribution in [3.8, 4) is 5.75 Å². The summed E-state index contributed by atoms with van der Waals surface area (Å²) in [4.78, 5) is 8.91. The molecule has 22 heavy (non-hydrogen) atoms. The Balaban J connectivity index is 3.50. The van der Waals surface area contributed by atoms with Gasteiger partial charge in [0.25, 0.3) is 0 Å². The molecular weight excluding hydrogens is 299 g/mol. The standard InChI is InChI=1S/C17H29O4P/c1-8-20-15-13(16(2,3)4)9-12(11-21-22(18)19)10-14(15)17(5,6)7/h9-10,22H,8,11H2,1-7H3,(H,18,19). The monoisotopic (exact) mass is 328 g/mol. The smallest absolute Gasteiger partial charge is 0.316 e. The first-order chi connectivity index (χ1) is 9.96. The summed E-state index contributed by atoms with van der Waals surface area (Å²) in [7, 11) is -2.93. The molecule has 0 radical (unpaired) electrons. The highest BCUT2D eigenvalue weighted by Gasteiger charge is 2.27. The van der Waals surface area contributed by atoms with Crippen LogP contribution in [0.3, 0.4) is 0 Å². The molecule has 1 N–H and O–H groups in total. The largest absolute Gasteiger partial charge is 0.493 e. The maximum Gasteiger partial charge on any atom is 0.316 e. The topological polar surface area (TPSA) is 55.8 Å². The van der Waals surface area contributed by atoms with E-state index in [0.717, 1.165) is 22.4 Å². The van der Waals surface area contributed by atoms with Gasteiger partial charge in [0.15, 0.2) is 0 Å².